The van der Waals surface area contributed by atoms with Crippen molar-refractivity contribution < 1.29 is 14.6 Å². The van der Waals surface area contributed by atoms with Crippen LogP contribution in [-0.2, 0) is 4.74 Å². The van der Waals surface area contributed by atoms with Crippen LogP contribution >= 0.6 is 0 Å². The van der Waals surface area contributed by atoms with E-state index in [1.54, 1.807) is 18.2 Å². The maximum atomic E-state index is 11.2. The average Bonchev–Trinajstić information content (AvgIpc) is 2.30. The Bertz CT molecular complexity index is 486. The number of hydrogen-bond donors (Lipinski definition) is 3. The molecule has 1 aromatic carbocycles. The van der Waals surface area contributed by atoms with Gasteiger partial charge in [-0.3, -0.25) is 0 Å². The number of nitrogens with two attached hydrogens (primary N) is 1. The van der Waals surface area contributed by atoms with Crippen LogP contribution in [0.2, 0.25) is 0 Å². The van der Waals surface area contributed by atoms with E-state index in [2.05, 4.69) is 5.32 Å². The first-order valence-electron chi connectivity index (χ1n) is 6.41. The number of hydrogen-bond acceptors (Lipinski definition) is 4. The Morgan fingerprint density at radius 3 is 2.89 bits per heavy atom. The number of carbonyl (C=O) groups is 1. The highest BCUT2D eigenvalue weighted by atomic mass is 16.5. The highest BCUT2D eigenvalue weighted by molar-refractivity contribution is 5.97. The molecule has 1 unspecified atom stereocenters. The molecule has 5 heteroatoms. The van der Waals surface area contributed by atoms with E-state index < -0.39 is 5.97 Å². The van der Waals surface area contributed by atoms with Crippen molar-refractivity contribution in [1.29, 1.82) is 0 Å². The van der Waals surface area contributed by atoms with E-state index in [0.717, 1.165) is 12.8 Å². The standard InChI is InChI=1S/C14H20N2O3/c1-14(2)8-9(6-7-19-14)16-12-10(13(17)18)4-3-5-11(12)15/h3-5,9,16H,6-8,15H2,1-2H3,(H,17,18). The van der Waals surface area contributed by atoms with Crippen molar-refractivity contribution in [1.82, 2.24) is 0 Å². The predicted octanol–water partition coefficient (Wildman–Crippen LogP) is 2.34. The van der Waals surface area contributed by atoms with Gasteiger partial charge in [0.2, 0.25) is 0 Å². The molecule has 0 radical (unpaired) electrons. The number of nitrogens with one attached hydrogen (secondary N) is 1. The van der Waals surface area contributed by atoms with Crippen molar-refractivity contribution >= 4 is 17.3 Å². The van der Waals surface area contributed by atoms with E-state index in [9.17, 15) is 9.90 Å². The lowest BCUT2D eigenvalue weighted by Gasteiger charge is -2.36. The number of ether oxygens (including phenoxy) is 1. The Hall–Kier alpha value is -1.75. The molecule has 0 amide bonds. The van der Waals surface area contributed by atoms with Crippen LogP contribution in [0.4, 0.5) is 11.4 Å². The van der Waals surface area contributed by atoms with Gasteiger partial charge in [0.25, 0.3) is 0 Å². The number of aromatic carboxylic acids is 1. The van der Waals surface area contributed by atoms with Gasteiger partial charge in [0.1, 0.15) is 0 Å². The Balaban J connectivity index is 2.21. The van der Waals surface area contributed by atoms with E-state index in [-0.39, 0.29) is 17.2 Å². The van der Waals surface area contributed by atoms with Gasteiger partial charge in [-0.05, 0) is 38.8 Å². The molecular formula is C14H20N2O3. The van der Waals surface area contributed by atoms with E-state index in [4.69, 9.17) is 10.5 Å². The Labute approximate surface area is 112 Å². The fourth-order valence-electron chi connectivity index (χ4n) is 2.47. The first kappa shape index (κ1) is 13.7. The van der Waals surface area contributed by atoms with Gasteiger partial charge >= 0.3 is 5.97 Å². The van der Waals surface area contributed by atoms with E-state index >= 15 is 0 Å². The van der Waals surface area contributed by atoms with E-state index in [0.29, 0.717) is 18.0 Å². The minimum absolute atomic E-state index is 0.173. The van der Waals surface area contributed by atoms with Crippen molar-refractivity contribution in [2.45, 2.75) is 38.3 Å². The third-order valence-corrected chi connectivity index (χ3v) is 3.37. The van der Waals surface area contributed by atoms with Crippen molar-refractivity contribution in [3.8, 4) is 0 Å². The highest BCUT2D eigenvalue weighted by Gasteiger charge is 2.29. The molecule has 1 aliphatic heterocycles. The lowest BCUT2D eigenvalue weighted by atomic mass is 9.93. The quantitative estimate of drug-likeness (QED) is 0.730. The maximum Gasteiger partial charge on any atom is 0.337 e. The molecule has 1 aromatic rings. The van der Waals surface area contributed by atoms with Crippen molar-refractivity contribution in [3.63, 3.8) is 0 Å². The summed E-state index contributed by atoms with van der Waals surface area (Å²) in [5.41, 5.74) is 6.88. The Morgan fingerprint density at radius 2 is 2.26 bits per heavy atom. The first-order chi connectivity index (χ1) is 8.89. The minimum atomic E-state index is -0.971. The van der Waals surface area contributed by atoms with Crippen LogP contribution in [0, 0.1) is 0 Å². The molecule has 5 nitrogen and oxygen atoms in total. The second-order valence-corrected chi connectivity index (χ2v) is 5.52. The number of anilines is 2. The summed E-state index contributed by atoms with van der Waals surface area (Å²) in [6.45, 7) is 4.74. The van der Waals surface area contributed by atoms with Gasteiger partial charge < -0.3 is 20.9 Å². The van der Waals surface area contributed by atoms with Gasteiger partial charge in [-0.1, -0.05) is 6.07 Å². The van der Waals surface area contributed by atoms with Crippen molar-refractivity contribution in [3.05, 3.63) is 23.8 Å². The summed E-state index contributed by atoms with van der Waals surface area (Å²) in [6.07, 6.45) is 1.66. The topological polar surface area (TPSA) is 84.6 Å². The molecule has 2 rings (SSSR count). The van der Waals surface area contributed by atoms with Crippen molar-refractivity contribution in [2.24, 2.45) is 0 Å². The first-order valence-corrected chi connectivity index (χ1v) is 6.41. The van der Waals surface area contributed by atoms with Gasteiger partial charge in [0.15, 0.2) is 0 Å². The normalized spacial score (nSPS) is 21.9. The van der Waals surface area contributed by atoms with Crippen LogP contribution in [-0.4, -0.2) is 29.3 Å². The molecule has 1 fully saturated rings. The van der Waals surface area contributed by atoms with Gasteiger partial charge in [0, 0.05) is 12.6 Å². The summed E-state index contributed by atoms with van der Waals surface area (Å²) < 4.78 is 5.65. The Kier molecular flexibility index (Phi) is 3.66. The number of benzene rings is 1. The average molecular weight is 264 g/mol. The summed E-state index contributed by atoms with van der Waals surface area (Å²) in [5, 5.41) is 12.5. The van der Waals surface area contributed by atoms with E-state index in [1.165, 1.54) is 0 Å². The van der Waals surface area contributed by atoms with Gasteiger partial charge in [-0.2, -0.15) is 0 Å². The second-order valence-electron chi connectivity index (χ2n) is 5.52. The number of carboxylic acids is 1. The smallest absolute Gasteiger partial charge is 0.337 e. The summed E-state index contributed by atoms with van der Waals surface area (Å²) in [6, 6.07) is 5.09. The molecule has 19 heavy (non-hydrogen) atoms. The molecule has 0 aromatic heterocycles. The van der Waals surface area contributed by atoms with Crippen LogP contribution in [0.25, 0.3) is 0 Å². The Morgan fingerprint density at radius 1 is 1.53 bits per heavy atom. The lowest BCUT2D eigenvalue weighted by molar-refractivity contribution is -0.0553. The number of para-hydroxylation sites is 1. The van der Waals surface area contributed by atoms with Crippen LogP contribution in [0.15, 0.2) is 18.2 Å². The van der Waals surface area contributed by atoms with Crippen LogP contribution < -0.4 is 11.1 Å². The maximum absolute atomic E-state index is 11.2. The molecule has 0 bridgehead atoms. The van der Waals surface area contributed by atoms with Gasteiger partial charge in [-0.25, -0.2) is 4.79 Å². The number of rotatable bonds is 3. The number of carboxylic acid groups (broad SMARTS) is 1. The zero-order chi connectivity index (χ0) is 14.0. The van der Waals surface area contributed by atoms with Gasteiger partial charge in [-0.15, -0.1) is 0 Å². The third-order valence-electron chi connectivity index (χ3n) is 3.37. The SMILES string of the molecule is CC1(C)CC(Nc2c(N)cccc2C(=O)O)CCO1. The molecule has 4 N–H and O–H groups in total. The minimum Gasteiger partial charge on any atom is -0.478 e. The molecular weight excluding hydrogens is 244 g/mol. The largest absolute Gasteiger partial charge is 0.478 e. The third kappa shape index (κ3) is 3.17. The van der Waals surface area contributed by atoms with Crippen LogP contribution in [0.1, 0.15) is 37.0 Å². The number of nitrogen functional groups attached to an aromatic ring is 1. The fraction of sp³-hybridized carbons (Fsp3) is 0.500. The second kappa shape index (κ2) is 5.09. The lowest BCUT2D eigenvalue weighted by Crippen LogP contribution is -2.40. The molecule has 1 aliphatic rings. The molecule has 104 valence electrons. The zero-order valence-corrected chi connectivity index (χ0v) is 11.3. The molecule has 1 atom stereocenters. The van der Waals surface area contributed by atoms with Gasteiger partial charge in [0.05, 0.1) is 22.5 Å². The highest BCUT2D eigenvalue weighted by Crippen LogP contribution is 2.30. The fourth-order valence-corrected chi connectivity index (χ4v) is 2.47. The predicted molar refractivity (Wildman–Crippen MR) is 74.5 cm³/mol. The summed E-state index contributed by atoms with van der Waals surface area (Å²) in [7, 11) is 0. The van der Waals surface area contributed by atoms with Crippen LogP contribution in [0.5, 0.6) is 0 Å². The molecule has 0 aliphatic carbocycles. The molecule has 1 heterocycles. The van der Waals surface area contributed by atoms with Crippen LogP contribution in [0.3, 0.4) is 0 Å². The monoisotopic (exact) mass is 264 g/mol. The summed E-state index contributed by atoms with van der Waals surface area (Å²) in [5.74, 6) is -0.971. The van der Waals surface area contributed by atoms with Crippen molar-refractivity contribution in [2.75, 3.05) is 17.7 Å². The molecule has 0 saturated carbocycles. The zero-order valence-electron chi connectivity index (χ0n) is 11.3. The summed E-state index contributed by atoms with van der Waals surface area (Å²) >= 11 is 0. The molecule has 1 saturated heterocycles. The van der Waals surface area contributed by atoms with E-state index in [1.807, 2.05) is 13.8 Å². The molecule has 0 spiro atoms. The summed E-state index contributed by atoms with van der Waals surface area (Å²) in [4.78, 5) is 11.2.